The van der Waals surface area contributed by atoms with Gasteiger partial charge in [0.15, 0.2) is 0 Å². The van der Waals surface area contributed by atoms with Gasteiger partial charge in [-0.2, -0.15) is 5.10 Å². The highest BCUT2D eigenvalue weighted by atomic mass is 15.3. The molecule has 1 unspecified atom stereocenters. The van der Waals surface area contributed by atoms with Gasteiger partial charge in [-0.1, -0.05) is 68.5 Å². The zero-order chi connectivity index (χ0) is 23.0. The number of anilines is 2. The molecule has 0 aliphatic heterocycles. The second-order valence-electron chi connectivity index (χ2n) is 8.59. The minimum absolute atomic E-state index is 0.409. The van der Waals surface area contributed by atoms with Crippen molar-refractivity contribution in [2.24, 2.45) is 0 Å². The Morgan fingerprint density at radius 3 is 2.21 bits per heavy atom. The molecule has 0 fully saturated rings. The van der Waals surface area contributed by atoms with E-state index in [4.69, 9.17) is 10.1 Å². The van der Waals surface area contributed by atoms with Crippen LogP contribution in [-0.2, 0) is 0 Å². The van der Waals surface area contributed by atoms with Crippen LogP contribution in [0.2, 0.25) is 0 Å². The van der Waals surface area contributed by atoms with Gasteiger partial charge < -0.3 is 5.32 Å². The van der Waals surface area contributed by atoms with Crippen LogP contribution in [0.5, 0.6) is 0 Å². The summed E-state index contributed by atoms with van der Waals surface area (Å²) in [4.78, 5) is 4.86. The van der Waals surface area contributed by atoms with E-state index in [0.717, 1.165) is 58.3 Å². The summed E-state index contributed by atoms with van der Waals surface area (Å²) < 4.78 is 2.00. The van der Waals surface area contributed by atoms with E-state index in [1.165, 1.54) is 12.8 Å². The van der Waals surface area contributed by atoms with E-state index in [1.807, 2.05) is 16.8 Å². The minimum atomic E-state index is 0.409. The van der Waals surface area contributed by atoms with Crippen molar-refractivity contribution in [3.05, 3.63) is 78.5 Å². The van der Waals surface area contributed by atoms with Crippen molar-refractivity contribution in [3.63, 3.8) is 0 Å². The number of pyridine rings is 1. The zero-order valence-electron chi connectivity index (χ0n) is 20.0. The molecular formula is C29H34N4. The Labute approximate surface area is 197 Å². The molecule has 4 nitrogen and oxygen atoms in total. The second kappa shape index (κ2) is 11.0. The lowest BCUT2D eigenvalue weighted by Gasteiger charge is -2.13. The summed E-state index contributed by atoms with van der Waals surface area (Å²) in [6.45, 7) is 6.52. The summed E-state index contributed by atoms with van der Waals surface area (Å²) in [6.07, 6.45) is 14.4. The normalized spacial score (nSPS) is 12.9. The average Bonchev–Trinajstić information content (AvgIpc) is 3.25. The van der Waals surface area contributed by atoms with Crippen LogP contribution < -0.4 is 5.32 Å². The summed E-state index contributed by atoms with van der Waals surface area (Å²) in [5, 5.41) is 10.9. The molecule has 1 atom stereocenters. The van der Waals surface area contributed by atoms with Gasteiger partial charge in [0.2, 0.25) is 0 Å². The monoisotopic (exact) mass is 438 g/mol. The first-order valence-corrected chi connectivity index (χ1v) is 12.1. The lowest BCUT2D eigenvalue weighted by atomic mass is 10.1. The molecule has 2 heterocycles. The number of aromatic nitrogens is 3. The molecule has 0 spiro atoms. The van der Waals surface area contributed by atoms with Gasteiger partial charge in [0, 0.05) is 29.0 Å². The molecule has 0 saturated carbocycles. The first-order valence-electron chi connectivity index (χ1n) is 12.1. The maximum Gasteiger partial charge on any atom is 0.133 e. The first-order chi connectivity index (χ1) is 16.2. The molecular weight excluding hydrogens is 404 g/mol. The predicted octanol–water partition coefficient (Wildman–Crippen LogP) is 8.45. The van der Waals surface area contributed by atoms with E-state index in [9.17, 15) is 0 Å². The standard InChI is InChI=1S/C29H34N4/c1-4-6-7-8-9-10-15-20-33-28(21-27(32-33)22(3)5-2)31-29-23-16-11-13-18-25(23)30-26-19-14-12-17-24(26)29/h4,6,11-22H,5,7-10H2,1-3H3,(H,30,31)/b6-4-,20-15+. The van der Waals surface area contributed by atoms with E-state index in [0.29, 0.717) is 5.92 Å². The number of allylic oxidation sites excluding steroid dienone is 3. The lowest BCUT2D eigenvalue weighted by molar-refractivity contribution is 0.693. The maximum absolute atomic E-state index is 4.93. The second-order valence-corrected chi connectivity index (χ2v) is 8.59. The Kier molecular flexibility index (Phi) is 7.56. The topological polar surface area (TPSA) is 42.7 Å². The Morgan fingerprint density at radius 1 is 0.939 bits per heavy atom. The molecule has 0 saturated heterocycles. The third kappa shape index (κ3) is 5.33. The SMILES string of the molecule is C/C=C\CCCC/C=C/n1nc(C(C)CC)cc1Nc1c2ccccc2nc2ccccc12. The van der Waals surface area contributed by atoms with Crippen LogP contribution in [0.4, 0.5) is 11.5 Å². The van der Waals surface area contributed by atoms with Crippen LogP contribution in [0, 0.1) is 0 Å². The van der Waals surface area contributed by atoms with Gasteiger partial charge in [-0.25, -0.2) is 9.67 Å². The van der Waals surface area contributed by atoms with E-state index in [2.05, 4.69) is 93.0 Å². The van der Waals surface area contributed by atoms with Gasteiger partial charge >= 0.3 is 0 Å². The fourth-order valence-electron chi connectivity index (χ4n) is 4.04. The third-order valence-corrected chi connectivity index (χ3v) is 6.19. The molecule has 0 bridgehead atoms. The van der Waals surface area contributed by atoms with Crippen LogP contribution in [0.3, 0.4) is 0 Å². The van der Waals surface area contributed by atoms with Crippen molar-refractivity contribution >= 4 is 39.5 Å². The van der Waals surface area contributed by atoms with E-state index in [1.54, 1.807) is 0 Å². The molecule has 33 heavy (non-hydrogen) atoms. The molecule has 2 aromatic carbocycles. The Hall–Kier alpha value is -3.40. The van der Waals surface area contributed by atoms with Gasteiger partial charge in [0.25, 0.3) is 0 Å². The zero-order valence-corrected chi connectivity index (χ0v) is 20.0. The summed E-state index contributed by atoms with van der Waals surface area (Å²) >= 11 is 0. The van der Waals surface area contributed by atoms with Crippen molar-refractivity contribution in [2.45, 2.75) is 58.8 Å². The summed E-state index contributed by atoms with van der Waals surface area (Å²) in [5.41, 5.74) is 4.17. The smallest absolute Gasteiger partial charge is 0.133 e. The number of benzene rings is 2. The van der Waals surface area contributed by atoms with Crippen LogP contribution in [0.25, 0.3) is 28.0 Å². The minimum Gasteiger partial charge on any atom is -0.339 e. The van der Waals surface area contributed by atoms with E-state index in [-0.39, 0.29) is 0 Å². The highest BCUT2D eigenvalue weighted by Gasteiger charge is 2.15. The number of hydrogen-bond donors (Lipinski definition) is 1. The number of hydrogen-bond acceptors (Lipinski definition) is 3. The van der Waals surface area contributed by atoms with E-state index >= 15 is 0 Å². The van der Waals surface area contributed by atoms with Crippen molar-refractivity contribution < 1.29 is 0 Å². The van der Waals surface area contributed by atoms with E-state index < -0.39 is 0 Å². The van der Waals surface area contributed by atoms with Crippen LogP contribution >= 0.6 is 0 Å². The van der Waals surface area contributed by atoms with Gasteiger partial charge in [-0.15, -0.1) is 0 Å². The number of unbranched alkanes of at least 4 members (excludes halogenated alkanes) is 3. The predicted molar refractivity (Wildman–Crippen MR) is 142 cm³/mol. The number of fused-ring (bicyclic) bond motifs is 2. The molecule has 2 aromatic heterocycles. The average molecular weight is 439 g/mol. The number of nitrogens with zero attached hydrogens (tertiary/aromatic N) is 3. The molecule has 4 aromatic rings. The van der Waals surface area contributed by atoms with Crippen LogP contribution in [0.1, 0.15) is 64.5 Å². The van der Waals surface area contributed by atoms with Crippen molar-refractivity contribution in [1.82, 2.24) is 14.8 Å². The quantitative estimate of drug-likeness (QED) is 0.153. The maximum atomic E-state index is 4.93. The van der Waals surface area contributed by atoms with Gasteiger partial charge in [-0.05, 0) is 51.2 Å². The molecule has 0 amide bonds. The van der Waals surface area contributed by atoms with Crippen molar-refractivity contribution in [1.29, 1.82) is 0 Å². The molecule has 1 N–H and O–H groups in total. The lowest BCUT2D eigenvalue weighted by Crippen LogP contribution is -2.01. The molecule has 0 aliphatic rings. The highest BCUT2D eigenvalue weighted by Crippen LogP contribution is 2.34. The van der Waals surface area contributed by atoms with Crippen LogP contribution in [-0.4, -0.2) is 14.8 Å². The molecule has 4 rings (SSSR count). The van der Waals surface area contributed by atoms with Crippen molar-refractivity contribution in [3.8, 4) is 0 Å². The Bertz CT molecular complexity index is 1210. The Balaban J connectivity index is 1.68. The van der Waals surface area contributed by atoms with Crippen LogP contribution in [0.15, 0.2) is 72.8 Å². The first kappa shape index (κ1) is 22.8. The molecule has 170 valence electrons. The molecule has 0 aliphatic carbocycles. The number of para-hydroxylation sites is 2. The molecule has 0 radical (unpaired) electrons. The Morgan fingerprint density at radius 2 is 1.58 bits per heavy atom. The summed E-state index contributed by atoms with van der Waals surface area (Å²) in [5.74, 6) is 1.39. The number of rotatable bonds is 10. The third-order valence-electron chi connectivity index (χ3n) is 6.19. The van der Waals surface area contributed by atoms with Crippen molar-refractivity contribution in [2.75, 3.05) is 5.32 Å². The summed E-state index contributed by atoms with van der Waals surface area (Å²) in [7, 11) is 0. The summed E-state index contributed by atoms with van der Waals surface area (Å²) in [6, 6.07) is 18.8. The fraction of sp³-hybridized carbons (Fsp3) is 0.310. The van der Waals surface area contributed by atoms with Gasteiger partial charge in [-0.3, -0.25) is 0 Å². The van der Waals surface area contributed by atoms with Gasteiger partial charge in [0.05, 0.1) is 22.4 Å². The largest absolute Gasteiger partial charge is 0.339 e. The molecule has 4 heteroatoms. The highest BCUT2D eigenvalue weighted by molar-refractivity contribution is 6.08. The van der Waals surface area contributed by atoms with Gasteiger partial charge in [0.1, 0.15) is 5.82 Å². The fourth-order valence-corrected chi connectivity index (χ4v) is 4.04. The number of nitrogens with one attached hydrogen (secondary N) is 1.